The van der Waals surface area contributed by atoms with E-state index in [2.05, 4.69) is 19.7 Å². The van der Waals surface area contributed by atoms with Crippen molar-refractivity contribution in [2.75, 3.05) is 5.32 Å². The number of benzene rings is 1. The molecule has 2 heterocycles. The van der Waals surface area contributed by atoms with Gasteiger partial charge in [0.1, 0.15) is 18.1 Å². The standard InChI is InChI=1S/C16H15F2N3O4/c17-16(18)25-11-3-1-10(2-4-11)9-21-12(5-6-14(21)22)15(23)19-13-7-8-24-20-13/h1-4,7-8,12,16H,5-6,9H2,(H,19,20,23). The average molecular weight is 351 g/mol. The van der Waals surface area contributed by atoms with Gasteiger partial charge in [-0.2, -0.15) is 8.78 Å². The third-order valence-electron chi connectivity index (χ3n) is 3.82. The van der Waals surface area contributed by atoms with E-state index in [-0.39, 0.29) is 36.3 Å². The molecule has 1 atom stereocenters. The Balaban J connectivity index is 1.66. The summed E-state index contributed by atoms with van der Waals surface area (Å²) >= 11 is 0. The number of likely N-dealkylation sites (tertiary alicyclic amines) is 1. The second-order valence-corrected chi connectivity index (χ2v) is 5.47. The molecule has 0 radical (unpaired) electrons. The van der Waals surface area contributed by atoms with Crippen LogP contribution >= 0.6 is 0 Å². The summed E-state index contributed by atoms with van der Waals surface area (Å²) in [5.74, 6) is -0.185. The van der Waals surface area contributed by atoms with Gasteiger partial charge in [-0.1, -0.05) is 17.3 Å². The summed E-state index contributed by atoms with van der Waals surface area (Å²) in [6.07, 6.45) is 1.99. The highest BCUT2D eigenvalue weighted by atomic mass is 19.3. The van der Waals surface area contributed by atoms with E-state index in [1.165, 1.54) is 29.4 Å². The highest BCUT2D eigenvalue weighted by Crippen LogP contribution is 2.24. The maximum absolute atomic E-state index is 12.3. The second kappa shape index (κ2) is 7.29. The average Bonchev–Trinajstić information content (AvgIpc) is 3.19. The summed E-state index contributed by atoms with van der Waals surface area (Å²) in [7, 11) is 0. The number of nitrogens with one attached hydrogen (secondary N) is 1. The van der Waals surface area contributed by atoms with Gasteiger partial charge in [-0.15, -0.1) is 0 Å². The number of carbonyl (C=O) groups excluding carboxylic acids is 2. The van der Waals surface area contributed by atoms with Crippen molar-refractivity contribution < 1.29 is 27.6 Å². The van der Waals surface area contributed by atoms with Crippen molar-refractivity contribution in [1.82, 2.24) is 10.1 Å². The Hall–Kier alpha value is -2.97. The maximum atomic E-state index is 12.3. The van der Waals surface area contributed by atoms with Crippen LogP contribution in [0.2, 0.25) is 0 Å². The van der Waals surface area contributed by atoms with Crippen molar-refractivity contribution in [2.45, 2.75) is 32.0 Å². The van der Waals surface area contributed by atoms with Crippen molar-refractivity contribution in [1.29, 1.82) is 0 Å². The minimum atomic E-state index is -2.89. The van der Waals surface area contributed by atoms with Crippen LogP contribution < -0.4 is 10.1 Å². The molecule has 0 spiro atoms. The Morgan fingerprint density at radius 1 is 1.36 bits per heavy atom. The molecule has 0 aliphatic carbocycles. The van der Waals surface area contributed by atoms with Crippen LogP contribution in [0, 0.1) is 0 Å². The van der Waals surface area contributed by atoms with Crippen LogP contribution in [0.3, 0.4) is 0 Å². The van der Waals surface area contributed by atoms with E-state index in [1.807, 2.05) is 0 Å². The van der Waals surface area contributed by atoms with Crippen molar-refractivity contribution in [3.8, 4) is 5.75 Å². The monoisotopic (exact) mass is 351 g/mol. The smallest absolute Gasteiger partial charge is 0.387 e. The van der Waals surface area contributed by atoms with Crippen LogP contribution in [-0.4, -0.2) is 34.5 Å². The summed E-state index contributed by atoms with van der Waals surface area (Å²) in [6, 6.07) is 6.83. The SMILES string of the molecule is O=C(Nc1ccon1)C1CCC(=O)N1Cc1ccc(OC(F)F)cc1. The zero-order valence-corrected chi connectivity index (χ0v) is 13.0. The lowest BCUT2D eigenvalue weighted by molar-refractivity contribution is -0.133. The first-order chi connectivity index (χ1) is 12.0. The van der Waals surface area contributed by atoms with Gasteiger partial charge in [0.15, 0.2) is 5.82 Å². The lowest BCUT2D eigenvalue weighted by Crippen LogP contribution is -2.41. The van der Waals surface area contributed by atoms with Gasteiger partial charge >= 0.3 is 6.61 Å². The van der Waals surface area contributed by atoms with Gasteiger partial charge in [0.2, 0.25) is 11.8 Å². The predicted molar refractivity (Wildman–Crippen MR) is 81.8 cm³/mol. The molecule has 1 N–H and O–H groups in total. The number of hydrogen-bond acceptors (Lipinski definition) is 5. The van der Waals surface area contributed by atoms with Crippen LogP contribution in [0.1, 0.15) is 18.4 Å². The number of carbonyl (C=O) groups is 2. The molecule has 1 saturated heterocycles. The van der Waals surface area contributed by atoms with Crippen molar-refractivity contribution in [2.24, 2.45) is 0 Å². The van der Waals surface area contributed by atoms with Crippen LogP contribution in [-0.2, 0) is 16.1 Å². The van der Waals surface area contributed by atoms with Crippen LogP contribution in [0.15, 0.2) is 41.1 Å². The van der Waals surface area contributed by atoms with Crippen LogP contribution in [0.5, 0.6) is 5.75 Å². The second-order valence-electron chi connectivity index (χ2n) is 5.47. The Morgan fingerprint density at radius 2 is 2.12 bits per heavy atom. The number of halogens is 2. The third kappa shape index (κ3) is 4.11. The molecular weight excluding hydrogens is 336 g/mol. The van der Waals surface area contributed by atoms with E-state index in [9.17, 15) is 18.4 Å². The lowest BCUT2D eigenvalue weighted by Gasteiger charge is -2.23. The molecule has 9 heteroatoms. The fourth-order valence-corrected chi connectivity index (χ4v) is 2.66. The molecule has 1 aliphatic rings. The first kappa shape index (κ1) is 16.9. The molecule has 2 amide bonds. The lowest BCUT2D eigenvalue weighted by atomic mass is 10.1. The summed E-state index contributed by atoms with van der Waals surface area (Å²) in [5.41, 5.74) is 0.705. The summed E-state index contributed by atoms with van der Waals surface area (Å²) in [6.45, 7) is -2.69. The third-order valence-corrected chi connectivity index (χ3v) is 3.82. The van der Waals surface area contributed by atoms with E-state index in [4.69, 9.17) is 0 Å². The summed E-state index contributed by atoms with van der Waals surface area (Å²) in [5, 5.41) is 6.19. The minimum Gasteiger partial charge on any atom is -0.435 e. The Kier molecular flexibility index (Phi) is 4.92. The molecule has 0 bridgehead atoms. The van der Waals surface area contributed by atoms with Gasteiger partial charge in [0, 0.05) is 19.0 Å². The van der Waals surface area contributed by atoms with Gasteiger partial charge in [-0.3, -0.25) is 9.59 Å². The minimum absolute atomic E-state index is 0.0341. The van der Waals surface area contributed by atoms with E-state index >= 15 is 0 Å². The summed E-state index contributed by atoms with van der Waals surface area (Å²) < 4.78 is 33.3. The number of anilines is 1. The van der Waals surface area contributed by atoms with Crippen LogP contribution in [0.25, 0.3) is 0 Å². The largest absolute Gasteiger partial charge is 0.435 e. The molecule has 1 unspecified atom stereocenters. The van der Waals surface area contributed by atoms with E-state index in [0.717, 1.165) is 0 Å². The molecule has 1 aliphatic heterocycles. The maximum Gasteiger partial charge on any atom is 0.387 e. The van der Waals surface area contributed by atoms with Gasteiger partial charge in [-0.05, 0) is 24.1 Å². The molecule has 3 rings (SSSR count). The number of aromatic nitrogens is 1. The molecule has 2 aromatic rings. The van der Waals surface area contributed by atoms with Gasteiger partial charge in [0.25, 0.3) is 0 Å². The number of ether oxygens (including phenoxy) is 1. The molecule has 1 fully saturated rings. The van der Waals surface area contributed by atoms with Crippen molar-refractivity contribution >= 4 is 17.6 Å². The first-order valence-electron chi connectivity index (χ1n) is 7.57. The van der Waals surface area contributed by atoms with Gasteiger partial charge in [0.05, 0.1) is 0 Å². The van der Waals surface area contributed by atoms with E-state index in [1.54, 1.807) is 12.1 Å². The van der Waals surface area contributed by atoms with E-state index in [0.29, 0.717) is 12.0 Å². The Bertz CT molecular complexity index is 734. The number of nitrogens with zero attached hydrogens (tertiary/aromatic N) is 2. The number of hydrogen-bond donors (Lipinski definition) is 1. The van der Waals surface area contributed by atoms with Gasteiger partial charge < -0.3 is 19.5 Å². The quantitative estimate of drug-likeness (QED) is 0.864. The number of rotatable bonds is 6. The molecule has 0 saturated carbocycles. The molecule has 25 heavy (non-hydrogen) atoms. The van der Waals surface area contributed by atoms with Crippen molar-refractivity contribution in [3.05, 3.63) is 42.2 Å². The topological polar surface area (TPSA) is 84.7 Å². The fraction of sp³-hybridized carbons (Fsp3) is 0.312. The summed E-state index contributed by atoms with van der Waals surface area (Å²) in [4.78, 5) is 25.9. The van der Waals surface area contributed by atoms with Crippen molar-refractivity contribution in [3.63, 3.8) is 0 Å². The highest BCUT2D eigenvalue weighted by molar-refractivity contribution is 5.98. The van der Waals surface area contributed by atoms with Gasteiger partial charge in [-0.25, -0.2) is 0 Å². The zero-order chi connectivity index (χ0) is 17.8. The van der Waals surface area contributed by atoms with E-state index < -0.39 is 12.7 Å². The zero-order valence-electron chi connectivity index (χ0n) is 13.0. The fourth-order valence-electron chi connectivity index (χ4n) is 2.66. The number of amides is 2. The first-order valence-corrected chi connectivity index (χ1v) is 7.57. The molecule has 1 aromatic carbocycles. The number of alkyl halides is 2. The molecule has 7 nitrogen and oxygen atoms in total. The Labute approximate surface area is 141 Å². The normalized spacial score (nSPS) is 17.2. The predicted octanol–water partition coefficient (Wildman–Crippen LogP) is 2.41. The molecule has 1 aromatic heterocycles. The Morgan fingerprint density at radius 3 is 2.76 bits per heavy atom. The highest BCUT2D eigenvalue weighted by Gasteiger charge is 2.36. The van der Waals surface area contributed by atoms with Crippen LogP contribution in [0.4, 0.5) is 14.6 Å². The molecular formula is C16H15F2N3O4. The molecule has 132 valence electrons.